The van der Waals surface area contributed by atoms with Crippen LogP contribution in [0.15, 0.2) is 72.8 Å². The zero-order valence-electron chi connectivity index (χ0n) is 19.6. The van der Waals surface area contributed by atoms with Crippen molar-refractivity contribution in [2.45, 2.75) is 40.0 Å². The highest BCUT2D eigenvalue weighted by Crippen LogP contribution is 2.56. The predicted molar refractivity (Wildman–Crippen MR) is 137 cm³/mol. The Morgan fingerprint density at radius 2 is 1.21 bits per heavy atom. The third kappa shape index (κ3) is 6.30. The number of esters is 1. The van der Waals surface area contributed by atoms with E-state index in [2.05, 4.69) is 93.6 Å². The van der Waals surface area contributed by atoms with E-state index in [0.29, 0.717) is 6.42 Å². The van der Waals surface area contributed by atoms with Crippen LogP contribution in [0.3, 0.4) is 0 Å². The van der Waals surface area contributed by atoms with Gasteiger partial charge in [0.2, 0.25) is 0 Å². The van der Waals surface area contributed by atoms with Crippen LogP contribution in [-0.4, -0.2) is 29.8 Å². The van der Waals surface area contributed by atoms with Gasteiger partial charge in [0.1, 0.15) is 23.2 Å². The number of carboxylic acids is 1. The summed E-state index contributed by atoms with van der Waals surface area (Å²) in [5.41, 5.74) is 3.66. The molecule has 33 heavy (non-hydrogen) atoms. The van der Waals surface area contributed by atoms with Crippen LogP contribution in [0.5, 0.6) is 0 Å². The molecule has 1 N–H and O–H groups in total. The van der Waals surface area contributed by atoms with Gasteiger partial charge >= 0.3 is 11.9 Å². The van der Waals surface area contributed by atoms with Gasteiger partial charge in [0.15, 0.2) is 0 Å². The first-order chi connectivity index (χ1) is 15.8. The maximum absolute atomic E-state index is 11.9. The van der Waals surface area contributed by atoms with Crippen LogP contribution in [0.4, 0.5) is 0 Å². The first-order valence-corrected chi connectivity index (χ1v) is 13.3. The van der Waals surface area contributed by atoms with E-state index in [4.69, 9.17) is 9.84 Å². The molecule has 0 bridgehead atoms. The van der Waals surface area contributed by atoms with E-state index in [1.165, 1.54) is 32.6 Å². The van der Waals surface area contributed by atoms with Crippen molar-refractivity contribution in [3.63, 3.8) is 0 Å². The lowest BCUT2D eigenvalue weighted by molar-refractivity contribution is -0.147. The van der Waals surface area contributed by atoms with E-state index in [1.54, 1.807) is 0 Å². The molecule has 0 aliphatic carbocycles. The number of hydrogen-bond acceptors (Lipinski definition) is 3. The fourth-order valence-electron chi connectivity index (χ4n) is 4.20. The lowest BCUT2D eigenvalue weighted by Gasteiger charge is -2.28. The summed E-state index contributed by atoms with van der Waals surface area (Å²) in [6.45, 7) is 6.64. The van der Waals surface area contributed by atoms with Crippen molar-refractivity contribution in [1.29, 1.82) is 0 Å². The van der Waals surface area contributed by atoms with Crippen molar-refractivity contribution in [2.75, 3.05) is 12.8 Å². The summed E-state index contributed by atoms with van der Waals surface area (Å²) in [5.74, 6) is -1.45. The Morgan fingerprint density at radius 1 is 0.758 bits per heavy atom. The quantitative estimate of drug-likeness (QED) is 0.269. The highest BCUT2D eigenvalue weighted by atomic mass is 31.2. The van der Waals surface area contributed by atoms with E-state index in [0.717, 1.165) is 6.16 Å². The SMILES string of the molecule is Cc1cccc([P+](CCCOC(=O)CCC(=O)O)(c2cccc(C)c2)c2cccc(C)c2)c1. The van der Waals surface area contributed by atoms with Crippen LogP contribution >= 0.6 is 7.26 Å². The molecular formula is C28H32O4P+. The maximum Gasteiger partial charge on any atom is 0.306 e. The number of ether oxygens (including phenoxy) is 1. The summed E-state index contributed by atoms with van der Waals surface area (Å²) in [5, 5.41) is 12.7. The topological polar surface area (TPSA) is 63.6 Å². The van der Waals surface area contributed by atoms with Gasteiger partial charge in [-0.1, -0.05) is 36.4 Å². The Hall–Kier alpha value is -2.97. The minimum Gasteiger partial charge on any atom is -0.481 e. The van der Waals surface area contributed by atoms with Crippen molar-refractivity contribution < 1.29 is 19.4 Å². The highest BCUT2D eigenvalue weighted by Gasteiger charge is 2.45. The first-order valence-electron chi connectivity index (χ1n) is 11.3. The molecule has 0 unspecified atom stereocenters. The molecular weight excluding hydrogens is 431 g/mol. The minimum absolute atomic E-state index is 0.0940. The van der Waals surface area contributed by atoms with E-state index in [-0.39, 0.29) is 19.4 Å². The smallest absolute Gasteiger partial charge is 0.306 e. The van der Waals surface area contributed by atoms with E-state index in [9.17, 15) is 9.59 Å². The lowest BCUT2D eigenvalue weighted by Crippen LogP contribution is -2.34. The van der Waals surface area contributed by atoms with E-state index in [1.807, 2.05) is 0 Å². The number of aliphatic carboxylic acids is 1. The molecule has 0 spiro atoms. The average Bonchev–Trinajstić information content (AvgIpc) is 2.78. The molecule has 5 heteroatoms. The predicted octanol–water partition coefficient (Wildman–Crippen LogP) is 4.70. The molecule has 0 atom stereocenters. The number of benzene rings is 3. The average molecular weight is 464 g/mol. The van der Waals surface area contributed by atoms with Gasteiger partial charge in [-0.2, -0.15) is 0 Å². The van der Waals surface area contributed by atoms with Crippen molar-refractivity contribution in [3.05, 3.63) is 89.5 Å². The summed E-state index contributed by atoms with van der Waals surface area (Å²) in [4.78, 5) is 22.7. The largest absolute Gasteiger partial charge is 0.481 e. The molecule has 172 valence electrons. The van der Waals surface area contributed by atoms with Crippen LogP contribution in [-0.2, 0) is 14.3 Å². The van der Waals surface area contributed by atoms with Gasteiger partial charge in [0.25, 0.3) is 0 Å². The molecule has 0 aliphatic rings. The number of aryl methyl sites for hydroxylation is 3. The Balaban J connectivity index is 2.00. The number of carbonyl (C=O) groups is 2. The van der Waals surface area contributed by atoms with Gasteiger partial charge in [0, 0.05) is 6.42 Å². The molecule has 3 rings (SSSR count). The molecule has 3 aromatic carbocycles. The summed E-state index contributed by atoms with van der Waals surface area (Å²) in [6.07, 6.45) is 1.26. The summed E-state index contributed by atoms with van der Waals surface area (Å²) >= 11 is 0. The molecule has 0 amide bonds. The molecule has 4 nitrogen and oxygen atoms in total. The van der Waals surface area contributed by atoms with E-state index >= 15 is 0 Å². The molecule has 3 aromatic rings. The van der Waals surface area contributed by atoms with Crippen molar-refractivity contribution in [3.8, 4) is 0 Å². The maximum atomic E-state index is 11.9. The van der Waals surface area contributed by atoms with Gasteiger partial charge in [-0.05, 0) is 73.9 Å². The normalized spacial score (nSPS) is 11.2. The Morgan fingerprint density at radius 3 is 1.61 bits per heavy atom. The van der Waals surface area contributed by atoms with Gasteiger partial charge in [-0.25, -0.2) is 0 Å². The number of hydrogen-bond donors (Lipinski definition) is 1. The third-order valence-electron chi connectivity index (χ3n) is 5.77. The van der Waals surface area contributed by atoms with Crippen molar-refractivity contribution >= 4 is 35.1 Å². The van der Waals surface area contributed by atoms with Crippen LogP contribution in [0.2, 0.25) is 0 Å². The summed E-state index contributed by atoms with van der Waals surface area (Å²) in [6, 6.07) is 26.3. The van der Waals surface area contributed by atoms with Crippen molar-refractivity contribution in [2.24, 2.45) is 0 Å². The van der Waals surface area contributed by atoms with Gasteiger partial charge in [-0.15, -0.1) is 0 Å². The fraction of sp³-hybridized carbons (Fsp3) is 0.286. The molecule has 0 aliphatic heterocycles. The minimum atomic E-state index is -2.01. The molecule has 0 radical (unpaired) electrons. The third-order valence-corrected chi connectivity index (χ3v) is 10.2. The lowest BCUT2D eigenvalue weighted by atomic mass is 10.2. The second kappa shape index (κ2) is 11.2. The molecule has 0 fully saturated rings. The Bertz CT molecular complexity index is 1010. The van der Waals surface area contributed by atoms with Crippen LogP contribution in [0, 0.1) is 20.8 Å². The standard InChI is InChI=1S/C28H31O4P/c1-21-8-4-11-24(18-21)33(25-12-5-9-22(2)19-25,26-13-6-10-23(3)20-26)17-7-16-32-28(31)15-14-27(29)30/h4-6,8-13,18-20H,7,14-17H2,1-3H3/p+1. The molecule has 0 saturated heterocycles. The summed E-state index contributed by atoms with van der Waals surface area (Å²) in [7, 11) is -2.01. The highest BCUT2D eigenvalue weighted by molar-refractivity contribution is 7.95. The fourth-order valence-corrected chi connectivity index (χ4v) is 8.77. The molecule has 0 aromatic heterocycles. The number of rotatable bonds is 10. The van der Waals surface area contributed by atoms with Crippen molar-refractivity contribution in [1.82, 2.24) is 0 Å². The number of carbonyl (C=O) groups excluding carboxylic acids is 1. The summed E-state index contributed by atoms with van der Waals surface area (Å²) < 4.78 is 5.38. The van der Waals surface area contributed by atoms with Gasteiger partial charge in [0.05, 0.1) is 25.6 Å². The number of carboxylic acid groups (broad SMARTS) is 1. The van der Waals surface area contributed by atoms with Crippen LogP contribution < -0.4 is 15.9 Å². The Labute approximate surface area is 197 Å². The molecule has 0 heterocycles. The van der Waals surface area contributed by atoms with Crippen LogP contribution in [0.25, 0.3) is 0 Å². The van der Waals surface area contributed by atoms with Gasteiger partial charge < -0.3 is 9.84 Å². The van der Waals surface area contributed by atoms with Crippen LogP contribution in [0.1, 0.15) is 36.0 Å². The monoisotopic (exact) mass is 463 g/mol. The second-order valence-corrected chi connectivity index (χ2v) is 12.1. The molecule has 0 saturated carbocycles. The first kappa shape index (κ1) is 24.7. The van der Waals surface area contributed by atoms with Gasteiger partial charge in [-0.3, -0.25) is 9.59 Å². The second-order valence-electron chi connectivity index (χ2n) is 8.52. The Kier molecular flexibility index (Phi) is 8.41. The zero-order chi connectivity index (χ0) is 23.8. The van der Waals surface area contributed by atoms with E-state index < -0.39 is 19.2 Å². The zero-order valence-corrected chi connectivity index (χ0v) is 20.5.